The third-order valence-corrected chi connectivity index (χ3v) is 2.71. The van der Waals surface area contributed by atoms with Crippen LogP contribution in [0.4, 0.5) is 0 Å². The quantitative estimate of drug-likeness (QED) is 0.598. The van der Waals surface area contributed by atoms with Crippen LogP contribution in [0, 0.1) is 11.8 Å². The minimum atomic E-state index is 0.0925. The summed E-state index contributed by atoms with van der Waals surface area (Å²) in [5, 5.41) is 0. The van der Waals surface area contributed by atoms with E-state index in [1.807, 2.05) is 0 Å². The lowest BCUT2D eigenvalue weighted by Crippen LogP contribution is -2.52. The molecular weight excluding hydrogens is 154 g/mol. The van der Waals surface area contributed by atoms with Gasteiger partial charge in [0.15, 0.2) is 0 Å². The van der Waals surface area contributed by atoms with Crippen LogP contribution in [0.25, 0.3) is 0 Å². The Labute approximate surface area is 71.7 Å². The smallest absolute Gasteiger partial charge is 0.219 e. The predicted octanol–water partition coefficient (Wildman–Crippen LogP) is 0.444. The number of likely N-dealkylation sites (tertiary alicyclic amines) is 1. The highest BCUT2D eigenvalue weighted by Crippen LogP contribution is 2.34. The van der Waals surface area contributed by atoms with E-state index in [4.69, 9.17) is 0 Å². The molecule has 1 saturated carbocycles. The predicted molar refractivity (Wildman–Crippen MR) is 43.5 cm³/mol. The number of carbonyl (C=O) groups is 2. The van der Waals surface area contributed by atoms with Crippen molar-refractivity contribution < 1.29 is 9.59 Å². The average Bonchev–Trinajstić information content (AvgIpc) is 2.62. The van der Waals surface area contributed by atoms with Crippen LogP contribution in [-0.4, -0.2) is 29.7 Å². The molecule has 3 nitrogen and oxygen atoms in total. The first-order chi connectivity index (χ1) is 5.68. The van der Waals surface area contributed by atoms with Gasteiger partial charge in [-0.25, -0.2) is 0 Å². The van der Waals surface area contributed by atoms with Crippen LogP contribution in [0.5, 0.6) is 0 Å². The molecule has 0 spiro atoms. The highest BCUT2D eigenvalue weighted by Gasteiger charge is 2.41. The largest absolute Gasteiger partial charge is 0.341 e. The molecule has 1 heterocycles. The summed E-state index contributed by atoms with van der Waals surface area (Å²) in [6.07, 6.45) is 2.16. The van der Waals surface area contributed by atoms with Gasteiger partial charge >= 0.3 is 0 Å². The lowest BCUT2D eigenvalue weighted by atomic mass is 9.92. The van der Waals surface area contributed by atoms with Crippen molar-refractivity contribution in [2.24, 2.45) is 11.8 Å². The van der Waals surface area contributed by atoms with Crippen molar-refractivity contribution in [1.29, 1.82) is 0 Å². The number of Topliss-reactive ketones (excluding diaryl/α,β-unsaturated/α-hetero) is 1. The summed E-state index contributed by atoms with van der Waals surface area (Å²) in [4.78, 5) is 23.9. The number of hydrogen-bond acceptors (Lipinski definition) is 2. The molecule has 1 aliphatic heterocycles. The zero-order valence-corrected chi connectivity index (χ0v) is 7.25. The van der Waals surface area contributed by atoms with Crippen LogP contribution in [0.2, 0.25) is 0 Å². The van der Waals surface area contributed by atoms with Gasteiger partial charge in [0.2, 0.25) is 5.91 Å². The van der Waals surface area contributed by atoms with Crippen LogP contribution in [-0.2, 0) is 9.59 Å². The maximum Gasteiger partial charge on any atom is 0.219 e. The normalized spacial score (nSPS) is 23.6. The Morgan fingerprint density at radius 1 is 1.17 bits per heavy atom. The first kappa shape index (κ1) is 7.77. The summed E-state index contributed by atoms with van der Waals surface area (Å²) < 4.78 is 0. The molecule has 12 heavy (non-hydrogen) atoms. The molecule has 0 radical (unpaired) electrons. The maximum absolute atomic E-state index is 11.4. The van der Waals surface area contributed by atoms with Gasteiger partial charge in [-0.2, -0.15) is 0 Å². The summed E-state index contributed by atoms with van der Waals surface area (Å²) in [6.45, 7) is 2.90. The molecule has 0 aromatic rings. The van der Waals surface area contributed by atoms with Crippen molar-refractivity contribution in [3.63, 3.8) is 0 Å². The summed E-state index contributed by atoms with van der Waals surface area (Å²) >= 11 is 0. The zero-order chi connectivity index (χ0) is 8.72. The SMILES string of the molecule is CC(=O)N1CC(C(=O)C2CC2)C1. The van der Waals surface area contributed by atoms with E-state index in [9.17, 15) is 9.59 Å². The number of rotatable bonds is 2. The fourth-order valence-electron chi connectivity index (χ4n) is 1.62. The first-order valence-electron chi connectivity index (χ1n) is 4.47. The molecule has 0 bridgehead atoms. The Morgan fingerprint density at radius 2 is 1.75 bits per heavy atom. The molecule has 0 atom stereocenters. The van der Waals surface area contributed by atoms with Crippen LogP contribution in [0.15, 0.2) is 0 Å². The Hall–Kier alpha value is -0.860. The number of carbonyl (C=O) groups excluding carboxylic acids is 2. The van der Waals surface area contributed by atoms with E-state index in [2.05, 4.69) is 0 Å². The van der Waals surface area contributed by atoms with Crippen LogP contribution < -0.4 is 0 Å². The monoisotopic (exact) mass is 167 g/mol. The Morgan fingerprint density at radius 3 is 2.17 bits per heavy atom. The van der Waals surface area contributed by atoms with Gasteiger partial charge < -0.3 is 4.90 Å². The Bertz CT molecular complexity index is 227. The molecule has 2 rings (SSSR count). The molecule has 0 N–H and O–H groups in total. The molecule has 1 amide bonds. The van der Waals surface area contributed by atoms with Gasteiger partial charge in [-0.1, -0.05) is 0 Å². The van der Waals surface area contributed by atoms with Gasteiger partial charge in [0, 0.05) is 25.9 Å². The van der Waals surface area contributed by atoms with Crippen molar-refractivity contribution in [1.82, 2.24) is 4.90 Å². The van der Waals surface area contributed by atoms with E-state index in [1.54, 1.807) is 11.8 Å². The number of hydrogen-bond donors (Lipinski definition) is 0. The van der Waals surface area contributed by atoms with Crippen molar-refractivity contribution in [3.05, 3.63) is 0 Å². The summed E-state index contributed by atoms with van der Waals surface area (Å²) in [5.41, 5.74) is 0. The van der Waals surface area contributed by atoms with Crippen molar-refractivity contribution >= 4 is 11.7 Å². The fourth-order valence-corrected chi connectivity index (χ4v) is 1.62. The average molecular weight is 167 g/mol. The fraction of sp³-hybridized carbons (Fsp3) is 0.778. The van der Waals surface area contributed by atoms with E-state index in [-0.39, 0.29) is 11.8 Å². The maximum atomic E-state index is 11.4. The van der Waals surface area contributed by atoms with E-state index in [0.29, 0.717) is 24.8 Å². The molecule has 0 aromatic carbocycles. The minimum Gasteiger partial charge on any atom is -0.341 e. The molecule has 66 valence electrons. The molecule has 2 fully saturated rings. The van der Waals surface area contributed by atoms with Gasteiger partial charge in [-0.15, -0.1) is 0 Å². The molecule has 2 aliphatic rings. The molecule has 3 heteroatoms. The Kier molecular flexibility index (Phi) is 1.67. The van der Waals surface area contributed by atoms with Gasteiger partial charge in [-0.3, -0.25) is 9.59 Å². The summed E-state index contributed by atoms with van der Waals surface area (Å²) in [5.74, 6) is 1.01. The zero-order valence-electron chi connectivity index (χ0n) is 7.25. The van der Waals surface area contributed by atoms with E-state index in [1.165, 1.54) is 0 Å². The third kappa shape index (κ3) is 1.24. The van der Waals surface area contributed by atoms with Crippen LogP contribution in [0.3, 0.4) is 0 Å². The number of nitrogens with zero attached hydrogens (tertiary/aromatic N) is 1. The lowest BCUT2D eigenvalue weighted by Gasteiger charge is -2.37. The van der Waals surface area contributed by atoms with Gasteiger partial charge in [0.1, 0.15) is 5.78 Å². The molecular formula is C9H13NO2. The van der Waals surface area contributed by atoms with Crippen LogP contribution >= 0.6 is 0 Å². The summed E-state index contributed by atoms with van der Waals surface area (Å²) in [6, 6.07) is 0. The number of ketones is 1. The second-order valence-corrected chi connectivity index (χ2v) is 3.80. The first-order valence-corrected chi connectivity index (χ1v) is 4.47. The standard InChI is InChI=1S/C9H13NO2/c1-6(11)10-4-8(5-10)9(12)7-2-3-7/h7-8H,2-5H2,1H3. The van der Waals surface area contributed by atoms with Crippen molar-refractivity contribution in [2.45, 2.75) is 19.8 Å². The molecule has 0 aromatic heterocycles. The second-order valence-electron chi connectivity index (χ2n) is 3.80. The van der Waals surface area contributed by atoms with Crippen LogP contribution in [0.1, 0.15) is 19.8 Å². The van der Waals surface area contributed by atoms with Gasteiger partial charge in [0.25, 0.3) is 0 Å². The van der Waals surface area contributed by atoms with Gasteiger partial charge in [0.05, 0.1) is 5.92 Å². The number of amides is 1. The topological polar surface area (TPSA) is 37.4 Å². The summed E-state index contributed by atoms with van der Waals surface area (Å²) in [7, 11) is 0. The molecule has 1 saturated heterocycles. The Balaban J connectivity index is 1.80. The minimum absolute atomic E-state index is 0.0925. The van der Waals surface area contributed by atoms with Crippen molar-refractivity contribution in [3.8, 4) is 0 Å². The van der Waals surface area contributed by atoms with E-state index >= 15 is 0 Å². The van der Waals surface area contributed by atoms with Gasteiger partial charge in [-0.05, 0) is 12.8 Å². The highest BCUT2D eigenvalue weighted by atomic mass is 16.2. The third-order valence-electron chi connectivity index (χ3n) is 2.71. The second kappa shape index (κ2) is 2.57. The molecule has 0 unspecified atom stereocenters. The molecule has 1 aliphatic carbocycles. The van der Waals surface area contributed by atoms with Crippen molar-refractivity contribution in [2.75, 3.05) is 13.1 Å². The van der Waals surface area contributed by atoms with E-state index < -0.39 is 0 Å². The van der Waals surface area contributed by atoms with E-state index in [0.717, 1.165) is 12.8 Å². The lowest BCUT2D eigenvalue weighted by molar-refractivity contribution is -0.140. The highest BCUT2D eigenvalue weighted by molar-refractivity contribution is 5.88.